The van der Waals surface area contributed by atoms with Gasteiger partial charge in [0.2, 0.25) is 0 Å². The van der Waals surface area contributed by atoms with Gasteiger partial charge in [-0.1, -0.05) is 49.7 Å². The lowest BCUT2D eigenvalue weighted by atomic mass is 9.87. The number of nitrogens with zero attached hydrogens (tertiary/aromatic N) is 5. The normalized spacial score (nSPS) is 12.5. The number of carbonyl (C=O) groups is 2. The molecule has 0 fully saturated rings. The van der Waals surface area contributed by atoms with Crippen LogP contribution >= 0.6 is 11.6 Å². The summed E-state index contributed by atoms with van der Waals surface area (Å²) < 4.78 is 3.18. The average Bonchev–Trinajstić information content (AvgIpc) is 3.33. The van der Waals surface area contributed by atoms with Crippen molar-refractivity contribution in [3.8, 4) is 0 Å². The van der Waals surface area contributed by atoms with Crippen LogP contribution in [0.2, 0.25) is 5.15 Å². The Morgan fingerprint density at radius 1 is 1.28 bits per heavy atom. The van der Waals surface area contributed by atoms with Crippen LogP contribution < -0.4 is 5.32 Å². The van der Waals surface area contributed by atoms with Gasteiger partial charge in [0.05, 0.1) is 36.1 Å². The Labute approximate surface area is 191 Å². The fraction of sp³-hybridized carbons (Fsp3) is 0.409. The summed E-state index contributed by atoms with van der Waals surface area (Å²) in [6.45, 7) is 9.06. The number of carboxylic acids is 1. The highest BCUT2D eigenvalue weighted by molar-refractivity contribution is 6.32. The molecule has 3 aromatic rings. The molecule has 1 unspecified atom stereocenters. The Bertz CT molecular complexity index is 1120. The van der Waals surface area contributed by atoms with Crippen molar-refractivity contribution < 1.29 is 14.7 Å². The van der Waals surface area contributed by atoms with Gasteiger partial charge in [-0.25, -0.2) is 9.48 Å². The third kappa shape index (κ3) is 5.73. The molecular formula is C22H27ClN6O3. The number of carboxylic acid groups (broad SMARTS) is 1. The van der Waals surface area contributed by atoms with Gasteiger partial charge in [0.15, 0.2) is 0 Å². The third-order valence-corrected chi connectivity index (χ3v) is 5.27. The van der Waals surface area contributed by atoms with Crippen LogP contribution in [0.4, 0.5) is 0 Å². The van der Waals surface area contributed by atoms with E-state index >= 15 is 0 Å². The van der Waals surface area contributed by atoms with E-state index in [-0.39, 0.29) is 22.9 Å². The van der Waals surface area contributed by atoms with Crippen molar-refractivity contribution in [3.05, 3.63) is 64.2 Å². The van der Waals surface area contributed by atoms with Gasteiger partial charge in [0, 0.05) is 6.54 Å². The Kier molecular flexibility index (Phi) is 6.98. The van der Waals surface area contributed by atoms with Crippen molar-refractivity contribution in [2.24, 2.45) is 5.41 Å². The summed E-state index contributed by atoms with van der Waals surface area (Å²) in [6, 6.07) is 6.28. The molecule has 2 N–H and O–H groups in total. The second kappa shape index (κ2) is 9.52. The van der Waals surface area contributed by atoms with Crippen LogP contribution in [-0.4, -0.2) is 41.8 Å². The standard InChI is InChI=1S/C22H27ClN6O3/c1-5-29-19(23)16(11-24-29)20(30)25-17(10-22(2,3)4)18-13-28(27-26-18)12-14-7-6-8-15(9-14)21(31)32/h6-9,11,13,17H,5,10,12H2,1-4H3,(H,25,30)(H,31,32). The van der Waals surface area contributed by atoms with Gasteiger partial charge in [-0.15, -0.1) is 5.10 Å². The number of aromatic nitrogens is 5. The lowest BCUT2D eigenvalue weighted by molar-refractivity contribution is 0.0696. The SMILES string of the molecule is CCn1ncc(C(=O)NC(CC(C)(C)C)c2cn(Cc3cccc(C(=O)O)c3)nn2)c1Cl. The zero-order chi connectivity index (χ0) is 23.5. The minimum atomic E-state index is -0.982. The molecule has 9 nitrogen and oxygen atoms in total. The maximum Gasteiger partial charge on any atom is 0.335 e. The molecule has 32 heavy (non-hydrogen) atoms. The number of rotatable bonds is 8. The zero-order valence-corrected chi connectivity index (χ0v) is 19.3. The van der Waals surface area contributed by atoms with Gasteiger partial charge in [-0.3, -0.25) is 9.48 Å². The number of hydrogen-bond donors (Lipinski definition) is 2. The lowest BCUT2D eigenvalue weighted by Crippen LogP contribution is -2.31. The summed E-state index contributed by atoms with van der Waals surface area (Å²) in [7, 11) is 0. The Balaban J connectivity index is 1.81. The quantitative estimate of drug-likeness (QED) is 0.530. The zero-order valence-electron chi connectivity index (χ0n) is 18.5. The van der Waals surface area contributed by atoms with Gasteiger partial charge in [-0.05, 0) is 36.5 Å². The van der Waals surface area contributed by atoms with Crippen LogP contribution in [0.25, 0.3) is 0 Å². The smallest absolute Gasteiger partial charge is 0.335 e. The van der Waals surface area contributed by atoms with E-state index in [1.807, 2.05) is 13.0 Å². The van der Waals surface area contributed by atoms with Gasteiger partial charge in [0.1, 0.15) is 10.8 Å². The first-order valence-electron chi connectivity index (χ1n) is 10.3. The van der Waals surface area contributed by atoms with Gasteiger partial charge in [-0.2, -0.15) is 5.10 Å². The second-order valence-corrected chi connectivity index (χ2v) is 9.16. The first kappa shape index (κ1) is 23.5. The van der Waals surface area contributed by atoms with E-state index in [9.17, 15) is 14.7 Å². The fourth-order valence-electron chi connectivity index (χ4n) is 3.36. The number of nitrogens with one attached hydrogen (secondary N) is 1. The fourth-order valence-corrected chi connectivity index (χ4v) is 3.66. The predicted molar refractivity (Wildman–Crippen MR) is 120 cm³/mol. The number of benzene rings is 1. The molecule has 3 rings (SSSR count). The molecule has 1 aromatic carbocycles. The molecule has 0 aliphatic rings. The number of aromatic carboxylic acids is 1. The molecule has 2 heterocycles. The number of carbonyl (C=O) groups excluding carboxylic acids is 1. The molecule has 10 heteroatoms. The van der Waals surface area contributed by atoms with E-state index in [1.165, 1.54) is 6.20 Å². The van der Waals surface area contributed by atoms with Crippen molar-refractivity contribution >= 4 is 23.5 Å². The Hall–Kier alpha value is -3.20. The number of hydrogen-bond acceptors (Lipinski definition) is 5. The molecule has 1 atom stereocenters. The predicted octanol–water partition coefficient (Wildman–Crippen LogP) is 3.80. The molecule has 2 aromatic heterocycles. The van der Waals surface area contributed by atoms with Crippen LogP contribution in [0.3, 0.4) is 0 Å². The minimum absolute atomic E-state index is 0.0884. The topological polar surface area (TPSA) is 115 Å². The van der Waals surface area contributed by atoms with E-state index in [0.717, 1.165) is 5.56 Å². The summed E-state index contributed by atoms with van der Waals surface area (Å²) in [5.74, 6) is -1.31. The number of amides is 1. The van der Waals surface area contributed by atoms with Gasteiger partial charge >= 0.3 is 5.97 Å². The summed E-state index contributed by atoms with van der Waals surface area (Å²) in [5.41, 5.74) is 1.84. The first-order valence-corrected chi connectivity index (χ1v) is 10.7. The van der Waals surface area contributed by atoms with Crippen molar-refractivity contribution in [3.63, 3.8) is 0 Å². The molecule has 0 bridgehead atoms. The largest absolute Gasteiger partial charge is 0.478 e. The van der Waals surface area contributed by atoms with Crippen LogP contribution in [0, 0.1) is 5.41 Å². The highest BCUT2D eigenvalue weighted by atomic mass is 35.5. The van der Waals surface area contributed by atoms with Crippen LogP contribution in [0.5, 0.6) is 0 Å². The molecule has 170 valence electrons. The molecule has 0 radical (unpaired) electrons. The van der Waals surface area contributed by atoms with E-state index in [1.54, 1.807) is 33.8 Å². The van der Waals surface area contributed by atoms with Crippen molar-refractivity contribution in [2.45, 2.75) is 53.2 Å². The molecule has 0 saturated carbocycles. The summed E-state index contributed by atoms with van der Waals surface area (Å²) in [5, 5.41) is 25.1. The number of aryl methyl sites for hydroxylation is 1. The summed E-state index contributed by atoms with van der Waals surface area (Å²) in [6.07, 6.45) is 3.86. The van der Waals surface area contributed by atoms with E-state index < -0.39 is 5.97 Å². The van der Waals surface area contributed by atoms with Crippen LogP contribution in [-0.2, 0) is 13.1 Å². The molecule has 1 amide bonds. The summed E-state index contributed by atoms with van der Waals surface area (Å²) in [4.78, 5) is 24.1. The highest BCUT2D eigenvalue weighted by Crippen LogP contribution is 2.29. The molecular weight excluding hydrogens is 432 g/mol. The summed E-state index contributed by atoms with van der Waals surface area (Å²) >= 11 is 6.28. The molecule has 0 saturated heterocycles. The van der Waals surface area contributed by atoms with Crippen molar-refractivity contribution in [2.75, 3.05) is 0 Å². The monoisotopic (exact) mass is 458 g/mol. The first-order chi connectivity index (χ1) is 15.1. The van der Waals surface area contributed by atoms with E-state index in [4.69, 9.17) is 11.6 Å². The van der Waals surface area contributed by atoms with E-state index in [0.29, 0.717) is 35.9 Å². The van der Waals surface area contributed by atoms with Crippen molar-refractivity contribution in [1.29, 1.82) is 0 Å². The maximum absolute atomic E-state index is 12.9. The van der Waals surface area contributed by atoms with Crippen molar-refractivity contribution in [1.82, 2.24) is 30.1 Å². The van der Waals surface area contributed by atoms with Crippen LogP contribution in [0.1, 0.15) is 72.1 Å². The highest BCUT2D eigenvalue weighted by Gasteiger charge is 2.26. The van der Waals surface area contributed by atoms with Gasteiger partial charge < -0.3 is 10.4 Å². The average molecular weight is 459 g/mol. The maximum atomic E-state index is 12.9. The Morgan fingerprint density at radius 2 is 2.03 bits per heavy atom. The molecule has 0 aliphatic heterocycles. The lowest BCUT2D eigenvalue weighted by Gasteiger charge is -2.25. The minimum Gasteiger partial charge on any atom is -0.478 e. The third-order valence-electron chi connectivity index (χ3n) is 4.87. The number of halogens is 1. The van der Waals surface area contributed by atoms with Gasteiger partial charge in [0.25, 0.3) is 5.91 Å². The second-order valence-electron chi connectivity index (χ2n) is 8.80. The van der Waals surface area contributed by atoms with Crippen LogP contribution in [0.15, 0.2) is 36.7 Å². The Morgan fingerprint density at radius 3 is 2.66 bits per heavy atom. The van der Waals surface area contributed by atoms with E-state index in [2.05, 4.69) is 41.5 Å². The molecule has 0 aliphatic carbocycles. The molecule has 0 spiro atoms.